The number of aromatic hydroxyl groups is 1. The predicted octanol–water partition coefficient (Wildman–Crippen LogP) is 3.16. The van der Waals surface area contributed by atoms with E-state index in [4.69, 9.17) is 13.8 Å². The van der Waals surface area contributed by atoms with Crippen LogP contribution in [0.2, 0.25) is 0 Å². The minimum absolute atomic E-state index is 0.00178. The fourth-order valence-electron chi connectivity index (χ4n) is 4.86. The number of methoxy groups -OCH3 is 1. The number of hydrogen-bond donors (Lipinski definition) is 4. The number of nitrogens with zero attached hydrogens (tertiary/aromatic N) is 5. The van der Waals surface area contributed by atoms with E-state index in [0.29, 0.717) is 10.8 Å². The van der Waals surface area contributed by atoms with Crippen molar-refractivity contribution >= 4 is 88.6 Å². The van der Waals surface area contributed by atoms with E-state index in [2.05, 4.69) is 15.5 Å². The van der Waals surface area contributed by atoms with Crippen LogP contribution < -0.4 is 15.7 Å². The molecule has 22 heteroatoms. The van der Waals surface area contributed by atoms with Gasteiger partial charge in [-0.2, -0.15) is 8.42 Å². The maximum Gasteiger partial charge on any atom is 0.343 e. The highest BCUT2D eigenvalue weighted by Crippen LogP contribution is 2.41. The summed E-state index contributed by atoms with van der Waals surface area (Å²) in [4.78, 5) is 74.6. The zero-order chi connectivity index (χ0) is 37.4. The Morgan fingerprint density at radius 1 is 1.00 bits per heavy atom. The van der Waals surface area contributed by atoms with Crippen molar-refractivity contribution in [2.24, 2.45) is 10.2 Å². The van der Waals surface area contributed by atoms with Crippen LogP contribution in [0.4, 0.5) is 22.7 Å². The fraction of sp³-hybridized carbons (Fsp3) is 0.0690. The Morgan fingerprint density at radius 2 is 1.71 bits per heavy atom. The van der Waals surface area contributed by atoms with Crippen molar-refractivity contribution in [2.45, 2.75) is 0 Å². The highest BCUT2D eigenvalue weighted by molar-refractivity contribution is 7.97. The van der Waals surface area contributed by atoms with Crippen LogP contribution in [0.3, 0.4) is 0 Å². The number of benzene rings is 4. The lowest BCUT2D eigenvalue weighted by atomic mass is 10.0. The largest absolute Gasteiger partial charge is 0.505 e. The van der Waals surface area contributed by atoms with E-state index in [1.165, 1.54) is 19.2 Å². The molecular weight excluding hydrogens is 720 g/mol. The van der Waals surface area contributed by atoms with Gasteiger partial charge in [-0.3, -0.25) is 38.4 Å². The molecule has 5 aromatic rings. The number of rotatable bonds is 8. The van der Waals surface area contributed by atoms with Gasteiger partial charge >= 0.3 is 16.7 Å². The smallest absolute Gasteiger partial charge is 0.343 e. The Morgan fingerprint density at radius 3 is 2.35 bits per heavy atom. The molecule has 262 valence electrons. The number of phenols is 1. The number of hydrogen-bond acceptors (Lipinski definition) is 14. The molecule has 51 heavy (non-hydrogen) atoms. The number of aromatic nitrogens is 2. The molecule has 0 aliphatic rings. The van der Waals surface area contributed by atoms with Gasteiger partial charge in [0.2, 0.25) is 11.1 Å². The Labute approximate surface area is 285 Å². The Hall–Kier alpha value is -6.49. The van der Waals surface area contributed by atoms with Gasteiger partial charge in [-0.15, -0.1) is 10.2 Å². The van der Waals surface area contributed by atoms with E-state index in [-0.39, 0.29) is 43.2 Å². The van der Waals surface area contributed by atoms with E-state index >= 15 is 0 Å². The van der Waals surface area contributed by atoms with Crippen LogP contribution in [0.15, 0.2) is 81.8 Å². The molecule has 1 heterocycles. The van der Waals surface area contributed by atoms with Crippen LogP contribution in [0, 0.1) is 10.1 Å². The second-order valence-corrected chi connectivity index (χ2v) is 12.6. The number of nitrogens with one attached hydrogen (secondary N) is 1. The molecule has 1 unspecified atom stereocenters. The van der Waals surface area contributed by atoms with Gasteiger partial charge in [-0.25, -0.2) is 18.1 Å². The molecule has 5 rings (SSSR count). The predicted molar refractivity (Wildman–Crippen MR) is 177 cm³/mol. The number of nitro benzene ring substituents is 1. The number of imidazole rings is 1. The topological polar surface area (TPSA) is 296 Å². The average molecular weight is 741 g/mol. The van der Waals surface area contributed by atoms with E-state index in [0.717, 1.165) is 30.3 Å². The first kappa shape index (κ1) is 35.8. The van der Waals surface area contributed by atoms with Crippen LogP contribution in [-0.4, -0.2) is 76.6 Å². The first-order valence-electron chi connectivity index (χ1n) is 13.8. The fourth-order valence-corrected chi connectivity index (χ4v) is 5.54. The summed E-state index contributed by atoms with van der Waals surface area (Å²) in [7, 11) is -3.74. The molecule has 1 amide bonds. The number of amides is 1. The number of non-ortho nitro benzene ring substituents is 1. The van der Waals surface area contributed by atoms with Gasteiger partial charge in [0, 0.05) is 17.1 Å². The summed E-state index contributed by atoms with van der Waals surface area (Å²) in [5.74, 6) is -6.75. The Balaban J connectivity index is 1.59. The van der Waals surface area contributed by atoms with E-state index in [1.54, 1.807) is 24.3 Å². The quantitative estimate of drug-likeness (QED) is 0.0444. The van der Waals surface area contributed by atoms with Gasteiger partial charge in [0.1, 0.15) is 11.4 Å². The molecule has 0 radical (unpaired) electrons. The van der Waals surface area contributed by atoms with Crippen LogP contribution in [0.25, 0.3) is 21.8 Å². The third kappa shape index (κ3) is 7.13. The van der Waals surface area contributed by atoms with Gasteiger partial charge in [0.15, 0.2) is 17.3 Å². The van der Waals surface area contributed by atoms with E-state index < -0.39 is 77.2 Å². The van der Waals surface area contributed by atoms with Crippen molar-refractivity contribution in [3.8, 4) is 11.5 Å². The molecule has 1 atom stereocenters. The zero-order valence-electron chi connectivity index (χ0n) is 25.4. The summed E-state index contributed by atoms with van der Waals surface area (Å²) in [5.41, 5.74) is -3.75. The number of phenolic OH excluding ortho intramolecular Hbond substituents is 1. The van der Waals surface area contributed by atoms with Crippen molar-refractivity contribution in [1.29, 1.82) is 0 Å². The lowest BCUT2D eigenvalue weighted by Crippen LogP contribution is -2.38. The van der Waals surface area contributed by atoms with Crippen LogP contribution >= 0.6 is 0 Å². The lowest BCUT2D eigenvalue weighted by molar-refractivity contribution is -0.384. The summed E-state index contributed by atoms with van der Waals surface area (Å²) in [6.07, 6.45) is 0. The Kier molecular flexibility index (Phi) is 9.68. The molecule has 0 bridgehead atoms. The molecule has 0 aliphatic carbocycles. The maximum atomic E-state index is 13.6. The van der Waals surface area contributed by atoms with Gasteiger partial charge < -0.3 is 15.2 Å². The molecule has 0 spiro atoms. The standard InChI is InChI=1S/C29H20N6O14S2/c1-49-22-12-16(35(42)43)7-8-19(22)31-32-24-17-5-3-2-4-14(17)10-18(25(24)37)26(38)30-15-6-9-20-21(11-15)34(27(39)28(40)50(44)45)29(41)33(20)23(36)13-51(46,47)48/h2-12,37H,13H2,1H3,(H,30,38)(H,44,45)(H,46,47,48). The maximum absolute atomic E-state index is 13.6. The third-order valence-electron chi connectivity index (χ3n) is 7.06. The third-order valence-corrected chi connectivity index (χ3v) is 8.16. The number of ether oxygens (including phenoxy) is 1. The summed E-state index contributed by atoms with van der Waals surface area (Å²) in [6.45, 7) is 0. The molecule has 0 saturated heterocycles. The first-order chi connectivity index (χ1) is 24.0. The molecule has 4 N–H and O–H groups in total. The van der Waals surface area contributed by atoms with Crippen LogP contribution in [0.1, 0.15) is 19.9 Å². The number of carbonyl (C=O) groups is 4. The molecule has 20 nitrogen and oxygen atoms in total. The van der Waals surface area contributed by atoms with Gasteiger partial charge in [0.25, 0.3) is 27.6 Å². The van der Waals surface area contributed by atoms with Gasteiger partial charge in [0.05, 0.1) is 34.7 Å². The van der Waals surface area contributed by atoms with E-state index in [1.807, 2.05) is 0 Å². The number of anilines is 1. The molecular formula is C29H20N6O14S2. The SMILES string of the molecule is COc1cc([N+](=O)[O-])ccc1N=Nc1c(O)c(C(=O)Nc2ccc3c(c2)n(C(=O)C(=O)S(=O)O)c(=O)n3C(=O)CS(=O)(=O)O)cc2ccccc12. The second kappa shape index (κ2) is 13.8. The van der Waals surface area contributed by atoms with Crippen molar-refractivity contribution in [3.05, 3.63) is 92.9 Å². The molecule has 0 saturated carbocycles. The number of azo groups is 1. The van der Waals surface area contributed by atoms with Crippen molar-refractivity contribution < 1.29 is 55.7 Å². The average Bonchev–Trinajstić information content (AvgIpc) is 3.36. The number of carbonyl (C=O) groups excluding carboxylic acids is 4. The van der Waals surface area contributed by atoms with Gasteiger partial charge in [-0.1, -0.05) is 24.3 Å². The molecule has 1 aromatic heterocycles. The lowest BCUT2D eigenvalue weighted by Gasteiger charge is -2.12. The number of fused-ring (bicyclic) bond motifs is 2. The summed E-state index contributed by atoms with van der Waals surface area (Å²) in [6, 6.07) is 14.2. The highest BCUT2D eigenvalue weighted by atomic mass is 32.2. The normalized spacial score (nSPS) is 12.2. The summed E-state index contributed by atoms with van der Waals surface area (Å²) >= 11 is -3.41. The van der Waals surface area contributed by atoms with Crippen molar-refractivity contribution in [3.63, 3.8) is 0 Å². The minimum Gasteiger partial charge on any atom is -0.505 e. The second-order valence-electron chi connectivity index (χ2n) is 10.2. The highest BCUT2D eigenvalue weighted by Gasteiger charge is 2.31. The van der Waals surface area contributed by atoms with Gasteiger partial charge in [-0.05, 0) is 35.7 Å². The van der Waals surface area contributed by atoms with Crippen LogP contribution in [0.5, 0.6) is 11.5 Å². The number of nitro groups is 1. The van der Waals surface area contributed by atoms with E-state index in [9.17, 15) is 51.8 Å². The Bertz CT molecular complexity index is 2580. The monoisotopic (exact) mass is 740 g/mol. The molecule has 0 fully saturated rings. The molecule has 4 aromatic carbocycles. The first-order valence-corrected chi connectivity index (χ1v) is 16.5. The van der Waals surface area contributed by atoms with Crippen molar-refractivity contribution in [2.75, 3.05) is 18.2 Å². The summed E-state index contributed by atoms with van der Waals surface area (Å²) in [5, 5.41) is 31.7. The van der Waals surface area contributed by atoms with Crippen molar-refractivity contribution in [1.82, 2.24) is 9.13 Å². The zero-order valence-corrected chi connectivity index (χ0v) is 27.1. The summed E-state index contributed by atoms with van der Waals surface area (Å²) < 4.78 is 57.5. The van der Waals surface area contributed by atoms with Crippen LogP contribution in [-0.2, 0) is 26.0 Å². The molecule has 0 aliphatic heterocycles. The minimum atomic E-state index is -4.99.